The van der Waals surface area contributed by atoms with Gasteiger partial charge in [-0.25, -0.2) is 4.98 Å². The number of hydrogen-bond donors (Lipinski definition) is 2. The van der Waals surface area contributed by atoms with Crippen LogP contribution >= 0.6 is 46.9 Å². The second-order valence-corrected chi connectivity index (χ2v) is 9.19. The Morgan fingerprint density at radius 1 is 1.23 bits per heavy atom. The Bertz CT molecular complexity index is 817. The molecular weight excluding hydrogens is 531 g/mol. The van der Waals surface area contributed by atoms with Gasteiger partial charge in [0.15, 0.2) is 5.96 Å². The van der Waals surface area contributed by atoms with Crippen LogP contribution in [0.25, 0.3) is 0 Å². The molecule has 1 fully saturated rings. The highest BCUT2D eigenvalue weighted by Crippen LogP contribution is 2.38. The zero-order valence-electron chi connectivity index (χ0n) is 18.0. The van der Waals surface area contributed by atoms with E-state index in [-0.39, 0.29) is 29.4 Å². The van der Waals surface area contributed by atoms with Crippen LogP contribution in [0.1, 0.15) is 40.9 Å². The molecule has 8 heteroatoms. The molecular formula is C22H32ClIN4OS. The number of ether oxygens (including phenoxy) is 1. The molecule has 30 heavy (non-hydrogen) atoms. The summed E-state index contributed by atoms with van der Waals surface area (Å²) in [6, 6.07) is 8.15. The number of halogens is 2. The van der Waals surface area contributed by atoms with Gasteiger partial charge >= 0.3 is 0 Å². The molecule has 3 rings (SSSR count). The van der Waals surface area contributed by atoms with E-state index in [1.54, 1.807) is 11.3 Å². The molecule has 0 saturated carbocycles. The Morgan fingerprint density at radius 3 is 2.60 bits per heavy atom. The number of thiazole rings is 1. The van der Waals surface area contributed by atoms with Gasteiger partial charge < -0.3 is 15.4 Å². The van der Waals surface area contributed by atoms with Crippen molar-refractivity contribution in [3.05, 3.63) is 50.4 Å². The first-order valence-electron chi connectivity index (χ1n) is 10.3. The number of nitrogens with zero attached hydrogens (tertiary/aromatic N) is 2. The summed E-state index contributed by atoms with van der Waals surface area (Å²) in [5, 5.41) is 8.81. The Labute approximate surface area is 206 Å². The monoisotopic (exact) mass is 562 g/mol. The van der Waals surface area contributed by atoms with E-state index >= 15 is 0 Å². The molecule has 1 saturated heterocycles. The van der Waals surface area contributed by atoms with E-state index in [1.165, 1.54) is 15.4 Å². The molecule has 0 bridgehead atoms. The standard InChI is InChI=1S/C22H31ClN4OS.HI/c1-4-24-21(25-12-9-20-27-16(2)17(3)29-20)26-15-22(10-13-28-14-11-22)18-7-5-6-8-19(18)23;/h5-8H,4,9-15H2,1-3H3,(H2,24,25,26);1H. The van der Waals surface area contributed by atoms with Gasteiger partial charge in [0, 0.05) is 48.0 Å². The highest BCUT2D eigenvalue weighted by molar-refractivity contribution is 14.0. The van der Waals surface area contributed by atoms with Gasteiger partial charge in [0.05, 0.1) is 17.2 Å². The fourth-order valence-electron chi connectivity index (χ4n) is 3.67. The van der Waals surface area contributed by atoms with Gasteiger partial charge in [0.2, 0.25) is 0 Å². The lowest BCUT2D eigenvalue weighted by Crippen LogP contribution is -2.42. The van der Waals surface area contributed by atoms with Crippen LogP contribution in [0, 0.1) is 13.8 Å². The molecule has 2 aromatic rings. The third kappa shape index (κ3) is 6.55. The number of guanidine groups is 1. The molecule has 5 nitrogen and oxygen atoms in total. The molecule has 0 radical (unpaired) electrons. The third-order valence-electron chi connectivity index (χ3n) is 5.48. The Balaban J connectivity index is 0.00000320. The van der Waals surface area contributed by atoms with Crippen molar-refractivity contribution in [3.63, 3.8) is 0 Å². The van der Waals surface area contributed by atoms with E-state index in [0.29, 0.717) is 6.54 Å². The summed E-state index contributed by atoms with van der Waals surface area (Å²) >= 11 is 8.34. The van der Waals surface area contributed by atoms with Crippen molar-refractivity contribution in [2.24, 2.45) is 4.99 Å². The van der Waals surface area contributed by atoms with Gasteiger partial charge in [-0.3, -0.25) is 4.99 Å². The highest BCUT2D eigenvalue weighted by atomic mass is 127. The first kappa shape index (κ1) is 25.4. The molecule has 2 heterocycles. The van der Waals surface area contributed by atoms with E-state index in [2.05, 4.69) is 48.5 Å². The van der Waals surface area contributed by atoms with E-state index in [0.717, 1.165) is 62.2 Å². The zero-order chi connectivity index (χ0) is 20.7. The lowest BCUT2D eigenvalue weighted by Gasteiger charge is -2.37. The summed E-state index contributed by atoms with van der Waals surface area (Å²) in [5.41, 5.74) is 2.23. The predicted molar refractivity (Wildman–Crippen MR) is 138 cm³/mol. The smallest absolute Gasteiger partial charge is 0.191 e. The van der Waals surface area contributed by atoms with Gasteiger partial charge in [0.25, 0.3) is 0 Å². The van der Waals surface area contributed by atoms with Crippen molar-refractivity contribution >= 4 is 52.9 Å². The second kappa shape index (κ2) is 12.2. The van der Waals surface area contributed by atoms with Crippen LogP contribution in [0.2, 0.25) is 5.02 Å². The molecule has 0 atom stereocenters. The van der Waals surface area contributed by atoms with E-state index < -0.39 is 0 Å². The quantitative estimate of drug-likeness (QED) is 0.287. The molecule has 0 spiro atoms. The summed E-state index contributed by atoms with van der Waals surface area (Å²) in [6.45, 7) is 10.1. The number of rotatable bonds is 7. The molecule has 0 aliphatic carbocycles. The lowest BCUT2D eigenvalue weighted by atomic mass is 9.74. The van der Waals surface area contributed by atoms with Crippen LogP contribution in [-0.4, -0.2) is 43.8 Å². The highest BCUT2D eigenvalue weighted by Gasteiger charge is 2.36. The van der Waals surface area contributed by atoms with Crippen LogP contribution in [0.3, 0.4) is 0 Å². The van der Waals surface area contributed by atoms with Gasteiger partial charge in [0.1, 0.15) is 0 Å². The maximum absolute atomic E-state index is 6.56. The SMILES string of the molecule is CCNC(=NCC1(c2ccccc2Cl)CCOCC1)NCCc1nc(C)c(C)s1.I. The fourth-order valence-corrected chi connectivity index (χ4v) is 4.94. The summed E-state index contributed by atoms with van der Waals surface area (Å²) in [5.74, 6) is 0.843. The summed E-state index contributed by atoms with van der Waals surface area (Å²) in [4.78, 5) is 10.9. The molecule has 1 aromatic heterocycles. The average Bonchev–Trinajstić information content (AvgIpc) is 3.04. The van der Waals surface area contributed by atoms with Crippen LogP contribution in [-0.2, 0) is 16.6 Å². The minimum atomic E-state index is -0.0809. The predicted octanol–water partition coefficient (Wildman–Crippen LogP) is 4.88. The van der Waals surface area contributed by atoms with Gasteiger partial charge in [-0.05, 0) is 45.2 Å². The van der Waals surface area contributed by atoms with E-state index in [1.807, 2.05) is 12.1 Å². The van der Waals surface area contributed by atoms with Crippen molar-refractivity contribution in [2.45, 2.75) is 45.4 Å². The maximum atomic E-state index is 6.56. The van der Waals surface area contributed by atoms with Gasteiger partial charge in [-0.2, -0.15) is 0 Å². The molecule has 1 aliphatic heterocycles. The first-order chi connectivity index (χ1) is 14.0. The van der Waals surface area contributed by atoms with Crippen molar-refractivity contribution in [2.75, 3.05) is 32.8 Å². The van der Waals surface area contributed by atoms with Crippen molar-refractivity contribution < 1.29 is 4.74 Å². The molecule has 166 valence electrons. The van der Waals surface area contributed by atoms with Gasteiger partial charge in [-0.15, -0.1) is 35.3 Å². The minimum Gasteiger partial charge on any atom is -0.381 e. The number of aliphatic imine (C=N–C) groups is 1. The number of nitrogens with one attached hydrogen (secondary N) is 2. The molecule has 0 unspecified atom stereocenters. The summed E-state index contributed by atoms with van der Waals surface area (Å²) in [6.07, 6.45) is 2.75. The molecule has 1 aromatic carbocycles. The van der Waals surface area contributed by atoms with Crippen molar-refractivity contribution in [3.8, 4) is 0 Å². The van der Waals surface area contributed by atoms with E-state index in [4.69, 9.17) is 21.3 Å². The largest absolute Gasteiger partial charge is 0.381 e. The van der Waals surface area contributed by atoms with Crippen molar-refractivity contribution in [1.29, 1.82) is 0 Å². The number of hydrogen-bond acceptors (Lipinski definition) is 4. The first-order valence-corrected chi connectivity index (χ1v) is 11.5. The molecule has 1 aliphatic rings. The van der Waals surface area contributed by atoms with Crippen LogP contribution in [0.15, 0.2) is 29.3 Å². The summed E-state index contributed by atoms with van der Waals surface area (Å²) in [7, 11) is 0. The maximum Gasteiger partial charge on any atom is 0.191 e. The normalized spacial score (nSPS) is 16.1. The topological polar surface area (TPSA) is 58.5 Å². The Kier molecular flexibility index (Phi) is 10.3. The van der Waals surface area contributed by atoms with Crippen molar-refractivity contribution in [1.82, 2.24) is 15.6 Å². The zero-order valence-corrected chi connectivity index (χ0v) is 21.9. The fraction of sp³-hybridized carbons (Fsp3) is 0.545. The van der Waals surface area contributed by atoms with Gasteiger partial charge in [-0.1, -0.05) is 29.8 Å². The summed E-state index contributed by atoms with van der Waals surface area (Å²) < 4.78 is 5.64. The Morgan fingerprint density at radius 2 is 1.97 bits per heavy atom. The van der Waals surface area contributed by atoms with E-state index in [9.17, 15) is 0 Å². The molecule has 2 N–H and O–H groups in total. The Hall–Kier alpha value is -0.900. The number of benzene rings is 1. The van der Waals surface area contributed by atoms with Crippen LogP contribution in [0.5, 0.6) is 0 Å². The van der Waals surface area contributed by atoms with Crippen LogP contribution in [0.4, 0.5) is 0 Å². The number of aryl methyl sites for hydroxylation is 2. The minimum absolute atomic E-state index is 0. The lowest BCUT2D eigenvalue weighted by molar-refractivity contribution is 0.0531. The molecule has 0 amide bonds. The number of aromatic nitrogens is 1. The third-order valence-corrected chi connectivity index (χ3v) is 6.95. The second-order valence-electron chi connectivity index (χ2n) is 7.49. The van der Waals surface area contributed by atoms with Crippen LogP contribution < -0.4 is 10.6 Å². The average molecular weight is 563 g/mol.